The van der Waals surface area contributed by atoms with Crippen LogP contribution in [0.15, 0.2) is 12.7 Å². The van der Waals surface area contributed by atoms with Crippen LogP contribution < -0.4 is 0 Å². The number of rotatable bonds is 3. The number of likely N-dealkylation sites (tertiary alicyclic amines) is 1. The van der Waals surface area contributed by atoms with Gasteiger partial charge in [0, 0.05) is 26.2 Å². The fourth-order valence-corrected chi connectivity index (χ4v) is 2.50. The van der Waals surface area contributed by atoms with Crippen LogP contribution in [0, 0.1) is 0 Å². The van der Waals surface area contributed by atoms with E-state index in [0.717, 1.165) is 0 Å². The van der Waals surface area contributed by atoms with E-state index in [1.54, 1.807) is 30.6 Å². The lowest BCUT2D eigenvalue weighted by Gasteiger charge is -2.40. The molecule has 9 heteroatoms. The van der Waals surface area contributed by atoms with Crippen LogP contribution in [0.25, 0.3) is 0 Å². The minimum Gasteiger partial charge on any atom is -0.445 e. The van der Waals surface area contributed by atoms with Gasteiger partial charge in [-0.3, -0.25) is 0 Å². The molecule has 2 rings (SSSR count). The third-order valence-electron chi connectivity index (χ3n) is 3.89. The van der Waals surface area contributed by atoms with Crippen molar-refractivity contribution < 1.29 is 28.6 Å². The highest BCUT2D eigenvalue weighted by Crippen LogP contribution is 2.18. The normalized spacial score (nSPS) is 18.0. The smallest absolute Gasteiger partial charge is 0.410 e. The van der Waals surface area contributed by atoms with Crippen LogP contribution >= 0.6 is 0 Å². The number of carbonyl (C=O) groups is 3. The summed E-state index contributed by atoms with van der Waals surface area (Å²) in [6.45, 7) is 11.2. The highest BCUT2D eigenvalue weighted by molar-refractivity contribution is 5.72. The van der Waals surface area contributed by atoms with Gasteiger partial charge in [-0.25, -0.2) is 14.4 Å². The van der Waals surface area contributed by atoms with Gasteiger partial charge in [-0.1, -0.05) is 12.7 Å². The molecule has 146 valence electrons. The van der Waals surface area contributed by atoms with Gasteiger partial charge in [0.05, 0.1) is 13.1 Å². The number of hydrogen-bond donors (Lipinski definition) is 0. The van der Waals surface area contributed by atoms with Crippen LogP contribution in [0.5, 0.6) is 0 Å². The molecule has 0 aromatic carbocycles. The number of carbonyl (C=O) groups excluding carboxylic acids is 3. The zero-order valence-electron chi connectivity index (χ0n) is 15.6. The van der Waals surface area contributed by atoms with Gasteiger partial charge in [0.15, 0.2) is 0 Å². The van der Waals surface area contributed by atoms with Gasteiger partial charge in [0.1, 0.15) is 18.3 Å². The highest BCUT2D eigenvalue weighted by Gasteiger charge is 2.37. The fourth-order valence-electron chi connectivity index (χ4n) is 2.50. The quantitative estimate of drug-likeness (QED) is 0.556. The minimum atomic E-state index is -0.550. The molecule has 2 saturated heterocycles. The summed E-state index contributed by atoms with van der Waals surface area (Å²) in [7, 11) is 0. The van der Waals surface area contributed by atoms with E-state index in [4.69, 9.17) is 14.2 Å². The van der Waals surface area contributed by atoms with E-state index in [2.05, 4.69) is 6.58 Å². The van der Waals surface area contributed by atoms with Crippen LogP contribution in [0.3, 0.4) is 0 Å². The zero-order chi connectivity index (χ0) is 19.3. The SMILES string of the molecule is C=CCOC(=O)N1CCN(C(=O)OC2CN(C(=O)OC(C)(C)C)C2)CC1. The molecule has 0 bridgehead atoms. The van der Waals surface area contributed by atoms with Crippen molar-refractivity contribution in [1.82, 2.24) is 14.7 Å². The highest BCUT2D eigenvalue weighted by atomic mass is 16.6. The monoisotopic (exact) mass is 369 g/mol. The van der Waals surface area contributed by atoms with Crippen molar-refractivity contribution in [3.8, 4) is 0 Å². The summed E-state index contributed by atoms with van der Waals surface area (Å²) in [5.74, 6) is 0. The first-order chi connectivity index (χ1) is 12.2. The van der Waals surface area contributed by atoms with Crippen molar-refractivity contribution in [3.63, 3.8) is 0 Å². The number of nitrogens with zero attached hydrogens (tertiary/aromatic N) is 3. The van der Waals surface area contributed by atoms with Crippen molar-refractivity contribution in [2.45, 2.75) is 32.5 Å². The van der Waals surface area contributed by atoms with Gasteiger partial charge in [0.25, 0.3) is 0 Å². The van der Waals surface area contributed by atoms with E-state index in [0.29, 0.717) is 39.3 Å². The Morgan fingerprint density at radius 1 is 0.962 bits per heavy atom. The van der Waals surface area contributed by atoms with Crippen LogP contribution in [-0.2, 0) is 14.2 Å². The van der Waals surface area contributed by atoms with Gasteiger partial charge in [-0.2, -0.15) is 0 Å². The maximum Gasteiger partial charge on any atom is 0.410 e. The van der Waals surface area contributed by atoms with Crippen molar-refractivity contribution in [1.29, 1.82) is 0 Å². The molecular weight excluding hydrogens is 342 g/mol. The van der Waals surface area contributed by atoms with Crippen LogP contribution in [0.2, 0.25) is 0 Å². The Labute approximate surface area is 153 Å². The largest absolute Gasteiger partial charge is 0.445 e. The molecule has 0 aromatic rings. The lowest BCUT2D eigenvalue weighted by Crippen LogP contribution is -2.58. The maximum atomic E-state index is 12.2. The first-order valence-corrected chi connectivity index (χ1v) is 8.65. The molecule has 0 aliphatic carbocycles. The first kappa shape index (κ1) is 19.9. The van der Waals surface area contributed by atoms with E-state index in [9.17, 15) is 14.4 Å². The Hall–Kier alpha value is -2.45. The van der Waals surface area contributed by atoms with Crippen molar-refractivity contribution in [3.05, 3.63) is 12.7 Å². The average molecular weight is 369 g/mol. The maximum absolute atomic E-state index is 12.2. The molecule has 0 aromatic heterocycles. The van der Waals surface area contributed by atoms with E-state index < -0.39 is 23.9 Å². The summed E-state index contributed by atoms with van der Waals surface area (Å²) in [4.78, 5) is 40.3. The number of amides is 3. The molecule has 26 heavy (non-hydrogen) atoms. The number of ether oxygens (including phenoxy) is 3. The molecule has 2 aliphatic heterocycles. The lowest BCUT2D eigenvalue weighted by atomic mass is 10.2. The van der Waals surface area contributed by atoms with Gasteiger partial charge in [-0.15, -0.1) is 0 Å². The molecule has 0 radical (unpaired) electrons. The topological polar surface area (TPSA) is 88.6 Å². The summed E-state index contributed by atoms with van der Waals surface area (Å²) in [5.41, 5.74) is -0.550. The van der Waals surface area contributed by atoms with Crippen molar-refractivity contribution in [2.75, 3.05) is 45.9 Å². The predicted molar refractivity (Wildman–Crippen MR) is 92.8 cm³/mol. The summed E-state index contributed by atoms with van der Waals surface area (Å²) in [6.07, 6.45) is -0.0741. The molecule has 9 nitrogen and oxygen atoms in total. The van der Waals surface area contributed by atoms with Crippen molar-refractivity contribution >= 4 is 18.3 Å². The summed E-state index contributed by atoms with van der Waals surface area (Å²) in [6, 6.07) is 0. The first-order valence-electron chi connectivity index (χ1n) is 8.65. The standard InChI is InChI=1S/C17H27N3O6/c1-5-10-24-14(21)18-6-8-19(9-7-18)15(22)25-13-11-20(12-13)16(23)26-17(2,3)4/h5,13H,1,6-12H2,2-4H3. The van der Waals surface area contributed by atoms with E-state index >= 15 is 0 Å². The van der Waals surface area contributed by atoms with E-state index in [1.165, 1.54) is 11.0 Å². The van der Waals surface area contributed by atoms with Gasteiger partial charge in [-0.05, 0) is 20.8 Å². The Kier molecular flexibility index (Phi) is 6.33. The molecule has 0 atom stereocenters. The summed E-state index contributed by atoms with van der Waals surface area (Å²) in [5, 5.41) is 0. The molecule has 2 heterocycles. The van der Waals surface area contributed by atoms with Gasteiger partial charge >= 0.3 is 18.3 Å². The van der Waals surface area contributed by atoms with Crippen LogP contribution in [0.4, 0.5) is 14.4 Å². The Morgan fingerprint density at radius 2 is 1.50 bits per heavy atom. The minimum absolute atomic E-state index is 0.164. The molecule has 0 saturated carbocycles. The fraction of sp³-hybridized carbons (Fsp3) is 0.706. The second-order valence-corrected chi connectivity index (χ2v) is 7.23. The molecule has 3 amide bonds. The number of piperazine rings is 1. The predicted octanol–water partition coefficient (Wildman–Crippen LogP) is 1.68. The van der Waals surface area contributed by atoms with E-state index in [1.807, 2.05) is 0 Å². The second-order valence-electron chi connectivity index (χ2n) is 7.23. The Balaban J connectivity index is 1.67. The summed E-state index contributed by atoms with van der Waals surface area (Å²) >= 11 is 0. The third kappa shape index (κ3) is 5.53. The molecule has 2 fully saturated rings. The molecule has 0 spiro atoms. The van der Waals surface area contributed by atoms with E-state index in [-0.39, 0.29) is 12.7 Å². The average Bonchev–Trinajstić information content (AvgIpc) is 2.53. The zero-order valence-corrected chi connectivity index (χ0v) is 15.6. The molecular formula is C17H27N3O6. The van der Waals surface area contributed by atoms with Crippen molar-refractivity contribution in [2.24, 2.45) is 0 Å². The van der Waals surface area contributed by atoms with Crippen LogP contribution in [-0.4, -0.2) is 90.6 Å². The van der Waals surface area contributed by atoms with Gasteiger partial charge < -0.3 is 28.9 Å². The summed E-state index contributed by atoms with van der Waals surface area (Å²) < 4.78 is 15.6. The Bertz CT molecular complexity index is 545. The third-order valence-corrected chi connectivity index (χ3v) is 3.89. The second kappa shape index (κ2) is 8.29. The Morgan fingerprint density at radius 3 is 2.00 bits per heavy atom. The van der Waals surface area contributed by atoms with Gasteiger partial charge in [0.2, 0.25) is 0 Å². The van der Waals surface area contributed by atoms with Crippen LogP contribution in [0.1, 0.15) is 20.8 Å². The number of hydrogen-bond acceptors (Lipinski definition) is 6. The lowest BCUT2D eigenvalue weighted by molar-refractivity contribution is -0.0456. The molecule has 0 unspecified atom stereocenters. The molecule has 2 aliphatic rings. The molecule has 0 N–H and O–H groups in total.